The van der Waals surface area contributed by atoms with Gasteiger partial charge in [0, 0.05) is 21.4 Å². The number of aromatic nitrogens is 2. The van der Waals surface area contributed by atoms with Crippen LogP contribution in [0, 0.1) is 5.82 Å². The number of hydrogen-bond acceptors (Lipinski definition) is 8. The van der Waals surface area contributed by atoms with Crippen LogP contribution in [0.1, 0.15) is 36.1 Å². The van der Waals surface area contributed by atoms with Gasteiger partial charge in [0.2, 0.25) is 5.13 Å². The number of hydrogen-bond donors (Lipinski definition) is 1. The molecule has 5 rings (SSSR count). The lowest BCUT2D eigenvalue weighted by atomic mass is 9.95. The van der Waals surface area contributed by atoms with E-state index in [4.69, 9.17) is 27.9 Å². The van der Waals surface area contributed by atoms with Crippen LogP contribution in [0.3, 0.4) is 0 Å². The molecule has 0 spiro atoms. The summed E-state index contributed by atoms with van der Waals surface area (Å²) in [6, 6.07) is 16.2. The van der Waals surface area contributed by atoms with E-state index >= 15 is 0 Å². The van der Waals surface area contributed by atoms with Crippen molar-refractivity contribution in [3.05, 3.63) is 105 Å². The fourth-order valence-corrected chi connectivity index (χ4v) is 6.64. The van der Waals surface area contributed by atoms with Crippen LogP contribution in [0.4, 0.5) is 9.52 Å². The normalized spacial score (nSPS) is 16.4. The zero-order chi connectivity index (χ0) is 29.1. The first kappa shape index (κ1) is 29.1. The van der Waals surface area contributed by atoms with Crippen molar-refractivity contribution < 1.29 is 23.8 Å². The molecule has 1 aliphatic heterocycles. The molecule has 41 heavy (non-hydrogen) atoms. The van der Waals surface area contributed by atoms with Crippen LogP contribution in [-0.4, -0.2) is 33.6 Å². The lowest BCUT2D eigenvalue weighted by Gasteiger charge is -2.22. The Morgan fingerprint density at radius 2 is 1.80 bits per heavy atom. The highest BCUT2D eigenvalue weighted by Crippen LogP contribution is 2.44. The highest BCUT2D eigenvalue weighted by atomic mass is 35.5. The maximum atomic E-state index is 13.6. The Labute approximate surface area is 253 Å². The van der Waals surface area contributed by atoms with E-state index in [9.17, 15) is 19.1 Å². The highest BCUT2D eigenvalue weighted by molar-refractivity contribution is 8.00. The molecular formula is C29H22Cl2FN3O4S2. The zero-order valence-corrected chi connectivity index (χ0v) is 24.7. The molecule has 12 heteroatoms. The van der Waals surface area contributed by atoms with Crippen molar-refractivity contribution in [3.8, 4) is 5.75 Å². The van der Waals surface area contributed by atoms with E-state index < -0.39 is 29.3 Å². The molecule has 1 atom stereocenters. The molecule has 1 aromatic heterocycles. The monoisotopic (exact) mass is 629 g/mol. The standard InChI is InChI=1S/C29H22Cl2FN3O4S2/c1-2-13-39-21-11-6-16(7-12-21)24-23(25(36)17-4-9-20(32)10-5-17)26(37)27(38)35(24)28-33-34-29(41-28)40-15-18-3-8-19(30)14-22(18)31/h3-12,14,24,36H,2,13,15H2,1H3/b25-23-. The van der Waals surface area contributed by atoms with Crippen molar-refractivity contribution in [3.63, 3.8) is 0 Å². The molecule has 1 fully saturated rings. The van der Waals surface area contributed by atoms with Crippen molar-refractivity contribution in [2.45, 2.75) is 29.5 Å². The van der Waals surface area contributed by atoms with Crippen LogP contribution in [-0.2, 0) is 15.3 Å². The first-order valence-corrected chi connectivity index (χ1v) is 15.0. The number of ether oxygens (including phenoxy) is 1. The number of ketones is 1. The van der Waals surface area contributed by atoms with Gasteiger partial charge >= 0.3 is 5.91 Å². The third-order valence-electron chi connectivity index (χ3n) is 6.20. The number of benzene rings is 3. The molecule has 1 saturated heterocycles. The Balaban J connectivity index is 1.51. The van der Waals surface area contributed by atoms with Gasteiger partial charge in [-0.2, -0.15) is 0 Å². The first-order valence-electron chi connectivity index (χ1n) is 12.5. The number of amides is 1. The number of thioether (sulfide) groups is 1. The third-order valence-corrected chi connectivity index (χ3v) is 8.89. The van der Waals surface area contributed by atoms with E-state index in [1.165, 1.54) is 40.9 Å². The summed E-state index contributed by atoms with van der Waals surface area (Å²) in [5.74, 6) is -1.56. The fourth-order valence-electron chi connectivity index (χ4n) is 4.21. The molecule has 210 valence electrons. The average molecular weight is 631 g/mol. The lowest BCUT2D eigenvalue weighted by molar-refractivity contribution is -0.132. The predicted molar refractivity (Wildman–Crippen MR) is 159 cm³/mol. The number of aliphatic hydroxyl groups excluding tert-OH is 1. The van der Waals surface area contributed by atoms with Gasteiger partial charge in [-0.05, 0) is 66.1 Å². The van der Waals surface area contributed by atoms with Crippen molar-refractivity contribution >= 4 is 68.9 Å². The molecule has 1 amide bonds. The Hall–Kier alpha value is -3.44. The fraction of sp³-hybridized carbons (Fsp3) is 0.172. The average Bonchev–Trinajstić information content (AvgIpc) is 3.53. The minimum atomic E-state index is -1.00. The Bertz CT molecular complexity index is 1630. The van der Waals surface area contributed by atoms with Gasteiger partial charge in [0.25, 0.3) is 5.78 Å². The van der Waals surface area contributed by atoms with Gasteiger partial charge in [-0.15, -0.1) is 10.2 Å². The molecule has 1 N–H and O–H groups in total. The van der Waals surface area contributed by atoms with Crippen LogP contribution in [0.5, 0.6) is 5.75 Å². The minimum Gasteiger partial charge on any atom is -0.507 e. The number of rotatable bonds is 9. The third kappa shape index (κ3) is 6.25. The van der Waals surface area contributed by atoms with E-state index in [-0.39, 0.29) is 16.3 Å². The number of halogens is 3. The van der Waals surface area contributed by atoms with Crippen LogP contribution in [0.15, 0.2) is 76.6 Å². The lowest BCUT2D eigenvalue weighted by Crippen LogP contribution is -2.29. The maximum Gasteiger partial charge on any atom is 0.301 e. The molecule has 4 aromatic rings. The molecule has 2 heterocycles. The molecule has 0 bridgehead atoms. The summed E-state index contributed by atoms with van der Waals surface area (Å²) in [4.78, 5) is 28.0. The second kappa shape index (κ2) is 12.6. The van der Waals surface area contributed by atoms with Gasteiger partial charge in [0.15, 0.2) is 4.34 Å². The molecule has 0 aliphatic carbocycles. The van der Waals surface area contributed by atoms with E-state index in [0.717, 1.165) is 23.3 Å². The SMILES string of the molecule is CCCOc1ccc(C2/C(=C(/O)c3ccc(F)cc3)C(=O)C(=O)N2c2nnc(SCc3ccc(Cl)cc3Cl)s2)cc1. The van der Waals surface area contributed by atoms with E-state index in [2.05, 4.69) is 10.2 Å². The summed E-state index contributed by atoms with van der Waals surface area (Å²) in [5, 5.41) is 20.9. The highest BCUT2D eigenvalue weighted by Gasteiger charge is 2.48. The van der Waals surface area contributed by atoms with Gasteiger partial charge < -0.3 is 9.84 Å². The number of aliphatic hydroxyl groups is 1. The summed E-state index contributed by atoms with van der Waals surface area (Å²) in [6.07, 6.45) is 0.835. The van der Waals surface area contributed by atoms with Gasteiger partial charge in [0.1, 0.15) is 17.3 Å². The largest absolute Gasteiger partial charge is 0.507 e. The van der Waals surface area contributed by atoms with Crippen LogP contribution < -0.4 is 9.64 Å². The Morgan fingerprint density at radius 3 is 2.49 bits per heavy atom. The summed E-state index contributed by atoms with van der Waals surface area (Å²) in [5.41, 5.74) is 1.46. The number of anilines is 1. The van der Waals surface area contributed by atoms with Gasteiger partial charge in [-0.25, -0.2) is 4.39 Å². The number of Topliss-reactive ketones (excluding diaryl/α,β-unsaturated/α-hetero) is 1. The predicted octanol–water partition coefficient (Wildman–Crippen LogP) is 7.69. The summed E-state index contributed by atoms with van der Waals surface area (Å²) >= 11 is 14.8. The van der Waals surface area contributed by atoms with Crippen molar-refractivity contribution in [2.75, 3.05) is 11.5 Å². The summed E-state index contributed by atoms with van der Waals surface area (Å²) in [7, 11) is 0. The molecule has 7 nitrogen and oxygen atoms in total. The molecule has 0 radical (unpaired) electrons. The summed E-state index contributed by atoms with van der Waals surface area (Å²) < 4.78 is 19.8. The van der Waals surface area contributed by atoms with E-state index in [1.807, 2.05) is 13.0 Å². The number of nitrogens with zero attached hydrogens (tertiary/aromatic N) is 3. The van der Waals surface area contributed by atoms with E-state index in [1.54, 1.807) is 36.4 Å². The van der Waals surface area contributed by atoms with Gasteiger partial charge in [0.05, 0.1) is 18.2 Å². The van der Waals surface area contributed by atoms with Crippen LogP contribution in [0.25, 0.3) is 5.76 Å². The quantitative estimate of drug-likeness (QED) is 0.0667. The second-order valence-corrected chi connectivity index (χ2v) is 12.0. The molecule has 0 saturated carbocycles. The molecule has 1 unspecified atom stereocenters. The number of carbonyl (C=O) groups excluding carboxylic acids is 2. The van der Waals surface area contributed by atoms with Crippen molar-refractivity contribution in [1.29, 1.82) is 0 Å². The first-order chi connectivity index (χ1) is 19.8. The second-order valence-electron chi connectivity index (χ2n) is 8.97. The van der Waals surface area contributed by atoms with Gasteiger partial charge in [-0.1, -0.05) is 71.4 Å². The summed E-state index contributed by atoms with van der Waals surface area (Å²) in [6.45, 7) is 2.53. The van der Waals surface area contributed by atoms with Gasteiger partial charge in [-0.3, -0.25) is 14.5 Å². The van der Waals surface area contributed by atoms with E-state index in [0.29, 0.717) is 38.1 Å². The Morgan fingerprint density at radius 1 is 1.07 bits per heavy atom. The van der Waals surface area contributed by atoms with Crippen molar-refractivity contribution in [1.82, 2.24) is 10.2 Å². The topological polar surface area (TPSA) is 92.6 Å². The molecule has 1 aliphatic rings. The Kier molecular flexibility index (Phi) is 8.94. The molecule has 3 aromatic carbocycles. The maximum absolute atomic E-state index is 13.6. The van der Waals surface area contributed by atoms with Crippen molar-refractivity contribution in [2.24, 2.45) is 0 Å². The smallest absolute Gasteiger partial charge is 0.301 e. The van der Waals surface area contributed by atoms with Crippen LogP contribution >= 0.6 is 46.3 Å². The van der Waals surface area contributed by atoms with Crippen LogP contribution in [0.2, 0.25) is 10.0 Å². The zero-order valence-electron chi connectivity index (χ0n) is 21.5. The number of carbonyl (C=O) groups is 2. The molecular weight excluding hydrogens is 608 g/mol. The minimum absolute atomic E-state index is 0.138.